The highest BCUT2D eigenvalue weighted by Crippen LogP contribution is 2.37. The fourth-order valence-electron chi connectivity index (χ4n) is 2.72. The number of rotatable bonds is 11. The van der Waals surface area contributed by atoms with Crippen LogP contribution in [0.5, 0.6) is 0 Å². The lowest BCUT2D eigenvalue weighted by Crippen LogP contribution is -2.65. The predicted molar refractivity (Wildman–Crippen MR) is 85.9 cm³/mol. The molecule has 21 heavy (non-hydrogen) atoms. The molecule has 1 aromatic rings. The standard InChI is InChI=1S/C15H28N2O3Si/c1-6-11-15(7-2,17-13-12-16-14-17)21(18-8-3,19-9-4)20-10-5/h7,12-14H,2,6,8-11H2,1,3-5H3. The molecule has 120 valence electrons. The lowest BCUT2D eigenvalue weighted by Gasteiger charge is -2.44. The molecule has 0 N–H and O–H groups in total. The molecule has 0 saturated carbocycles. The van der Waals surface area contributed by atoms with Crippen LogP contribution in [-0.2, 0) is 18.4 Å². The van der Waals surface area contributed by atoms with E-state index >= 15 is 0 Å². The summed E-state index contributed by atoms with van der Waals surface area (Å²) in [6.45, 7) is 13.7. The van der Waals surface area contributed by atoms with E-state index < -0.39 is 14.0 Å². The molecule has 6 heteroatoms. The van der Waals surface area contributed by atoms with E-state index in [1.165, 1.54) is 0 Å². The second-order valence-corrected chi connectivity index (χ2v) is 7.55. The van der Waals surface area contributed by atoms with Crippen LogP contribution in [0.25, 0.3) is 0 Å². The Labute approximate surface area is 129 Å². The van der Waals surface area contributed by atoms with Crippen molar-refractivity contribution in [2.75, 3.05) is 19.8 Å². The van der Waals surface area contributed by atoms with E-state index in [0.717, 1.165) is 12.8 Å². The van der Waals surface area contributed by atoms with Gasteiger partial charge in [0, 0.05) is 32.2 Å². The summed E-state index contributed by atoms with van der Waals surface area (Å²) in [7, 11) is -3.00. The monoisotopic (exact) mass is 312 g/mol. The van der Waals surface area contributed by atoms with Crippen LogP contribution in [0.2, 0.25) is 0 Å². The third kappa shape index (κ3) is 3.45. The van der Waals surface area contributed by atoms with E-state index in [1.807, 2.05) is 37.6 Å². The number of hydrogen-bond acceptors (Lipinski definition) is 4. The van der Waals surface area contributed by atoms with Crippen LogP contribution in [-0.4, -0.2) is 38.2 Å². The minimum absolute atomic E-state index is 0.528. The Bertz CT molecular complexity index is 394. The maximum Gasteiger partial charge on any atom is 0.532 e. The minimum Gasteiger partial charge on any atom is -0.372 e. The molecular weight excluding hydrogens is 284 g/mol. The van der Waals surface area contributed by atoms with Gasteiger partial charge in [-0.3, -0.25) is 0 Å². The third-order valence-corrected chi connectivity index (χ3v) is 7.25. The van der Waals surface area contributed by atoms with Crippen LogP contribution in [0.3, 0.4) is 0 Å². The first kappa shape index (κ1) is 18.1. The van der Waals surface area contributed by atoms with Gasteiger partial charge in [0.25, 0.3) is 0 Å². The summed E-state index contributed by atoms with van der Waals surface area (Å²) >= 11 is 0. The van der Waals surface area contributed by atoms with Gasteiger partial charge in [0.15, 0.2) is 0 Å². The van der Waals surface area contributed by atoms with Crippen molar-refractivity contribution < 1.29 is 13.3 Å². The molecule has 0 aliphatic carbocycles. The maximum atomic E-state index is 6.12. The van der Waals surface area contributed by atoms with E-state index in [9.17, 15) is 0 Å². The molecule has 0 fully saturated rings. The normalized spacial score (nSPS) is 14.9. The van der Waals surface area contributed by atoms with Crippen LogP contribution >= 0.6 is 0 Å². The molecule has 0 aromatic carbocycles. The summed E-state index contributed by atoms with van der Waals surface area (Å²) in [6, 6.07) is 0. The third-order valence-electron chi connectivity index (χ3n) is 3.47. The molecule has 1 rings (SSSR count). The van der Waals surface area contributed by atoms with Gasteiger partial charge in [-0.15, -0.1) is 6.58 Å². The quantitative estimate of drug-likeness (QED) is 0.465. The number of aromatic nitrogens is 2. The molecule has 1 unspecified atom stereocenters. The number of hydrogen-bond donors (Lipinski definition) is 0. The Hall–Kier alpha value is -0.953. The van der Waals surface area contributed by atoms with Crippen molar-refractivity contribution in [3.05, 3.63) is 31.4 Å². The summed E-state index contributed by atoms with van der Waals surface area (Å²) in [5, 5.41) is -0.528. The maximum absolute atomic E-state index is 6.12. The first-order chi connectivity index (χ1) is 10.2. The summed E-state index contributed by atoms with van der Waals surface area (Å²) in [4.78, 5) is 4.18. The zero-order valence-electron chi connectivity index (χ0n) is 13.7. The van der Waals surface area contributed by atoms with E-state index in [-0.39, 0.29) is 0 Å². The van der Waals surface area contributed by atoms with E-state index in [0.29, 0.717) is 19.8 Å². The molecule has 0 amide bonds. The molecule has 0 aliphatic rings. The highest BCUT2D eigenvalue weighted by Gasteiger charge is 2.60. The number of nitrogens with zero attached hydrogens (tertiary/aromatic N) is 2. The fraction of sp³-hybridized carbons (Fsp3) is 0.667. The Kier molecular flexibility index (Phi) is 7.31. The van der Waals surface area contributed by atoms with Crippen molar-refractivity contribution in [3.8, 4) is 0 Å². The average Bonchev–Trinajstić information content (AvgIpc) is 3.00. The zero-order chi connectivity index (χ0) is 15.8. The Morgan fingerprint density at radius 2 is 1.71 bits per heavy atom. The van der Waals surface area contributed by atoms with Crippen LogP contribution in [0.15, 0.2) is 31.4 Å². The van der Waals surface area contributed by atoms with Gasteiger partial charge in [-0.25, -0.2) is 4.98 Å². The van der Waals surface area contributed by atoms with E-state index in [4.69, 9.17) is 13.3 Å². The van der Waals surface area contributed by atoms with Gasteiger partial charge in [0.2, 0.25) is 0 Å². The Morgan fingerprint density at radius 3 is 2.05 bits per heavy atom. The molecule has 0 aliphatic heterocycles. The fourth-order valence-corrected chi connectivity index (χ4v) is 6.11. The van der Waals surface area contributed by atoms with Crippen molar-refractivity contribution in [1.29, 1.82) is 0 Å². The Balaban J connectivity index is 3.43. The average molecular weight is 312 g/mol. The van der Waals surface area contributed by atoms with Crippen LogP contribution in [0.4, 0.5) is 0 Å². The largest absolute Gasteiger partial charge is 0.532 e. The topological polar surface area (TPSA) is 45.5 Å². The van der Waals surface area contributed by atoms with Gasteiger partial charge in [-0.1, -0.05) is 19.4 Å². The molecule has 0 spiro atoms. The molecule has 1 heterocycles. The lowest BCUT2D eigenvalue weighted by atomic mass is 10.1. The second-order valence-electron chi connectivity index (χ2n) is 4.70. The van der Waals surface area contributed by atoms with Gasteiger partial charge in [-0.05, 0) is 27.2 Å². The van der Waals surface area contributed by atoms with Crippen LogP contribution in [0.1, 0.15) is 40.5 Å². The lowest BCUT2D eigenvalue weighted by molar-refractivity contribution is 0.0365. The number of allylic oxidation sites excluding steroid dienone is 1. The van der Waals surface area contributed by atoms with Gasteiger partial charge in [-0.2, -0.15) is 0 Å². The molecule has 0 saturated heterocycles. The number of imidazole rings is 1. The SMILES string of the molecule is C=CC(CCC)(n1ccnc1)[Si](OCC)(OCC)OCC. The predicted octanol–water partition coefficient (Wildman–Crippen LogP) is 3.15. The van der Waals surface area contributed by atoms with Crippen molar-refractivity contribution in [3.63, 3.8) is 0 Å². The Morgan fingerprint density at radius 1 is 1.14 bits per heavy atom. The highest BCUT2D eigenvalue weighted by atomic mass is 28.4. The summed E-state index contributed by atoms with van der Waals surface area (Å²) in [6.07, 6.45) is 9.18. The van der Waals surface area contributed by atoms with Crippen molar-refractivity contribution in [2.45, 2.75) is 45.7 Å². The van der Waals surface area contributed by atoms with Gasteiger partial charge in [0.05, 0.1) is 6.33 Å². The van der Waals surface area contributed by atoms with Crippen LogP contribution in [0, 0.1) is 0 Å². The second kappa shape index (κ2) is 8.48. The molecule has 1 aromatic heterocycles. The van der Waals surface area contributed by atoms with Gasteiger partial charge >= 0.3 is 8.80 Å². The van der Waals surface area contributed by atoms with Gasteiger partial charge in [0.1, 0.15) is 5.16 Å². The van der Waals surface area contributed by atoms with Crippen molar-refractivity contribution >= 4 is 8.80 Å². The molecular formula is C15H28N2O3Si. The van der Waals surface area contributed by atoms with Gasteiger partial charge < -0.3 is 17.8 Å². The molecule has 5 nitrogen and oxygen atoms in total. The summed E-state index contributed by atoms with van der Waals surface area (Å²) in [5.41, 5.74) is 0. The van der Waals surface area contributed by atoms with E-state index in [2.05, 4.69) is 18.5 Å². The summed E-state index contributed by atoms with van der Waals surface area (Å²) in [5.74, 6) is 0. The molecule has 1 atom stereocenters. The van der Waals surface area contributed by atoms with Crippen LogP contribution < -0.4 is 0 Å². The first-order valence-corrected chi connectivity index (χ1v) is 9.42. The highest BCUT2D eigenvalue weighted by molar-refractivity contribution is 6.64. The molecule has 0 bridgehead atoms. The van der Waals surface area contributed by atoms with Crippen molar-refractivity contribution in [1.82, 2.24) is 9.55 Å². The minimum atomic E-state index is -3.00. The molecule has 0 radical (unpaired) electrons. The smallest absolute Gasteiger partial charge is 0.372 e. The first-order valence-electron chi connectivity index (χ1n) is 7.70. The zero-order valence-corrected chi connectivity index (χ0v) is 14.7. The van der Waals surface area contributed by atoms with E-state index in [1.54, 1.807) is 12.5 Å². The summed E-state index contributed by atoms with van der Waals surface area (Å²) < 4.78 is 20.4. The van der Waals surface area contributed by atoms with Crippen molar-refractivity contribution in [2.24, 2.45) is 0 Å².